The number of nitrogens with one attached hydrogen (secondary N) is 1. The van der Waals surface area contributed by atoms with Crippen LogP contribution < -0.4 is 19.7 Å². The summed E-state index contributed by atoms with van der Waals surface area (Å²) in [5.41, 5.74) is -0.165. The number of aliphatic hydroxyl groups is 1. The summed E-state index contributed by atoms with van der Waals surface area (Å²) in [6, 6.07) is 12.5. The second-order valence-corrected chi connectivity index (χ2v) is 11.8. The smallest absolute Gasteiger partial charge is 0.303 e. The maximum Gasteiger partial charge on any atom is 0.303 e. The Balaban J connectivity index is 1.51. The zero-order valence-corrected chi connectivity index (χ0v) is 24.3. The van der Waals surface area contributed by atoms with Crippen LogP contribution in [0.5, 0.6) is 11.5 Å². The number of fused-ring (bicyclic) bond motifs is 1. The summed E-state index contributed by atoms with van der Waals surface area (Å²) >= 11 is 0. The lowest BCUT2D eigenvalue weighted by molar-refractivity contribution is -0.216. The molecule has 9 heteroatoms. The Hall–Kier alpha value is -3.56. The first kappa shape index (κ1) is 27.6. The number of rotatable bonds is 7. The van der Waals surface area contributed by atoms with Crippen LogP contribution in [0, 0.1) is 5.41 Å². The molecule has 218 valence electrons. The van der Waals surface area contributed by atoms with Crippen LogP contribution in [0.1, 0.15) is 42.6 Å². The van der Waals surface area contributed by atoms with E-state index in [1.54, 1.807) is 38.5 Å². The first-order chi connectivity index (χ1) is 19.7. The Morgan fingerprint density at radius 1 is 1.07 bits per heavy atom. The number of amides is 1. The first-order valence-corrected chi connectivity index (χ1v) is 14.3. The molecule has 6 atom stereocenters. The Kier molecular flexibility index (Phi) is 6.58. The van der Waals surface area contributed by atoms with Crippen LogP contribution in [0.2, 0.25) is 0 Å². The van der Waals surface area contributed by atoms with E-state index in [0.29, 0.717) is 17.7 Å². The van der Waals surface area contributed by atoms with Gasteiger partial charge in [0, 0.05) is 54.7 Å². The van der Waals surface area contributed by atoms with Gasteiger partial charge >= 0.3 is 5.97 Å². The quantitative estimate of drug-likeness (QED) is 0.393. The number of nitrogens with zero attached hydrogens (tertiary/aromatic N) is 2. The van der Waals surface area contributed by atoms with E-state index in [1.165, 1.54) is 6.92 Å². The number of carbonyl (C=O) groups is 2. The van der Waals surface area contributed by atoms with Crippen molar-refractivity contribution in [3.8, 4) is 11.5 Å². The molecule has 3 aliphatic heterocycles. The van der Waals surface area contributed by atoms with Crippen molar-refractivity contribution in [2.24, 2.45) is 5.41 Å². The number of hydrogen-bond donors (Lipinski definition) is 2. The van der Waals surface area contributed by atoms with Crippen molar-refractivity contribution in [1.29, 1.82) is 0 Å². The lowest BCUT2D eigenvalue weighted by Gasteiger charge is -2.64. The summed E-state index contributed by atoms with van der Waals surface area (Å²) < 4.78 is 17.0. The molecule has 2 aromatic carbocycles. The van der Waals surface area contributed by atoms with Crippen molar-refractivity contribution in [3.63, 3.8) is 0 Å². The Morgan fingerprint density at radius 3 is 2.44 bits per heavy atom. The lowest BCUT2D eigenvalue weighted by Crippen LogP contribution is -2.81. The highest BCUT2D eigenvalue weighted by Gasteiger charge is 2.77. The maximum atomic E-state index is 13.4. The van der Waals surface area contributed by atoms with Gasteiger partial charge in [-0.15, -0.1) is 0 Å². The molecule has 3 heterocycles. The third-order valence-electron chi connectivity index (χ3n) is 10.1. The third kappa shape index (κ3) is 3.74. The van der Waals surface area contributed by atoms with Crippen molar-refractivity contribution in [2.45, 2.75) is 55.9 Å². The van der Waals surface area contributed by atoms with Gasteiger partial charge in [0.15, 0.2) is 0 Å². The number of benzene rings is 2. The van der Waals surface area contributed by atoms with E-state index < -0.39 is 34.5 Å². The summed E-state index contributed by atoms with van der Waals surface area (Å²) in [5.74, 6) is 0.601. The minimum Gasteiger partial charge on any atom is -0.497 e. The molecule has 1 aliphatic carbocycles. The molecule has 2 aromatic rings. The molecule has 1 spiro atoms. The molecular formula is C32H39N3O6. The van der Waals surface area contributed by atoms with E-state index in [0.717, 1.165) is 36.5 Å². The molecule has 2 fully saturated rings. The highest BCUT2D eigenvalue weighted by Crippen LogP contribution is 2.67. The van der Waals surface area contributed by atoms with Crippen molar-refractivity contribution in [3.05, 3.63) is 65.7 Å². The fraction of sp³-hybridized carbons (Fsp3) is 0.500. The average Bonchev–Trinajstić information content (AvgIpc) is 3.50. The molecule has 0 bridgehead atoms. The monoisotopic (exact) mass is 561 g/mol. The lowest BCUT2D eigenvalue weighted by atomic mass is 9.47. The molecule has 4 aliphatic rings. The van der Waals surface area contributed by atoms with Gasteiger partial charge in [-0.25, -0.2) is 0 Å². The second kappa shape index (κ2) is 9.77. The van der Waals surface area contributed by atoms with Crippen LogP contribution >= 0.6 is 0 Å². The third-order valence-corrected chi connectivity index (χ3v) is 10.1. The van der Waals surface area contributed by atoms with Gasteiger partial charge in [0.2, 0.25) is 0 Å². The number of carbonyl (C=O) groups excluding carboxylic acids is 2. The number of esters is 1. The zero-order valence-electron chi connectivity index (χ0n) is 24.3. The number of hydrogen-bond acceptors (Lipinski definition) is 8. The number of likely N-dealkylation sites (N-methyl/N-ethyl adjacent to an activating group) is 1. The predicted molar refractivity (Wildman–Crippen MR) is 155 cm³/mol. The summed E-state index contributed by atoms with van der Waals surface area (Å²) in [4.78, 5) is 30.7. The first-order valence-electron chi connectivity index (χ1n) is 14.3. The second-order valence-electron chi connectivity index (χ2n) is 11.8. The van der Waals surface area contributed by atoms with Crippen molar-refractivity contribution in [1.82, 2.24) is 10.2 Å². The largest absolute Gasteiger partial charge is 0.497 e. The SMILES string of the molecule is CC[C@]12C=CCN3CC[C@@]4(c5ccc(OC)cc5N(C)[C@H]4[C@@](O)(CNC(=O)c4ccc(OC)cc4)[C@@H]1OC(C)=O)[C@@H]32. The van der Waals surface area contributed by atoms with Crippen LogP contribution in [-0.2, 0) is 14.9 Å². The molecule has 6 rings (SSSR count). The van der Waals surface area contributed by atoms with Gasteiger partial charge in [-0.3, -0.25) is 14.5 Å². The molecule has 0 unspecified atom stereocenters. The van der Waals surface area contributed by atoms with Crippen molar-refractivity contribution >= 4 is 17.6 Å². The zero-order chi connectivity index (χ0) is 29.2. The average molecular weight is 562 g/mol. The minimum atomic E-state index is -1.63. The minimum absolute atomic E-state index is 0.00555. The maximum absolute atomic E-state index is 13.4. The van der Waals surface area contributed by atoms with Crippen molar-refractivity contribution in [2.75, 3.05) is 45.8 Å². The highest BCUT2D eigenvalue weighted by molar-refractivity contribution is 5.94. The van der Waals surface area contributed by atoms with Crippen LogP contribution in [0.4, 0.5) is 5.69 Å². The van der Waals surface area contributed by atoms with Gasteiger partial charge in [-0.05, 0) is 55.3 Å². The van der Waals surface area contributed by atoms with Gasteiger partial charge < -0.3 is 29.5 Å². The number of ether oxygens (including phenoxy) is 3. The molecule has 0 aromatic heterocycles. The Bertz CT molecular complexity index is 1390. The summed E-state index contributed by atoms with van der Waals surface area (Å²) in [5, 5.41) is 16.1. The standard InChI is InChI=1S/C32H39N3O6/c1-6-30-14-7-16-35-17-15-31(27(30)35)24-13-12-23(40-5)18-25(24)34(3)28(31)32(38,29(30)41-20(2)36)19-33-26(37)21-8-10-22(39-4)11-9-21/h7-14,18,27-29,38H,6,15-17,19H2,1-5H3,(H,33,37)/t27-,28+,29+,30+,31+,32-/m0/s1. The van der Waals surface area contributed by atoms with Gasteiger partial charge in [-0.1, -0.05) is 25.1 Å². The molecule has 2 N–H and O–H groups in total. The molecule has 9 nitrogen and oxygen atoms in total. The number of methoxy groups -OCH3 is 2. The van der Waals surface area contributed by atoms with Crippen molar-refractivity contribution < 1.29 is 28.9 Å². The topological polar surface area (TPSA) is 101 Å². The Morgan fingerprint density at radius 2 is 1.78 bits per heavy atom. The molecule has 41 heavy (non-hydrogen) atoms. The summed E-state index contributed by atoms with van der Waals surface area (Å²) in [6.45, 7) is 5.04. The van der Waals surface area contributed by atoms with Crippen LogP contribution in [0.15, 0.2) is 54.6 Å². The van der Waals surface area contributed by atoms with Gasteiger partial charge in [0.25, 0.3) is 5.91 Å². The predicted octanol–water partition coefficient (Wildman–Crippen LogP) is 2.91. The Labute approximate surface area is 241 Å². The van der Waals surface area contributed by atoms with E-state index in [9.17, 15) is 14.7 Å². The molecular weight excluding hydrogens is 522 g/mol. The molecule has 1 amide bonds. The van der Waals surface area contributed by atoms with Gasteiger partial charge in [0.1, 0.15) is 23.2 Å². The summed E-state index contributed by atoms with van der Waals surface area (Å²) in [6.07, 6.45) is 4.90. The molecule has 0 radical (unpaired) electrons. The van der Waals surface area contributed by atoms with E-state index in [2.05, 4.69) is 40.3 Å². The number of anilines is 1. The van der Waals surface area contributed by atoms with Gasteiger partial charge in [-0.2, -0.15) is 0 Å². The van der Waals surface area contributed by atoms with E-state index in [1.807, 2.05) is 19.2 Å². The van der Waals surface area contributed by atoms with E-state index >= 15 is 0 Å². The molecule has 1 saturated heterocycles. The fourth-order valence-corrected chi connectivity index (χ4v) is 8.71. The van der Waals surface area contributed by atoms with Crippen LogP contribution in [-0.4, -0.2) is 86.6 Å². The van der Waals surface area contributed by atoms with Crippen LogP contribution in [0.25, 0.3) is 0 Å². The molecule has 1 saturated carbocycles. The summed E-state index contributed by atoms with van der Waals surface area (Å²) in [7, 11) is 5.21. The van der Waals surface area contributed by atoms with Gasteiger partial charge in [0.05, 0.1) is 26.8 Å². The fourth-order valence-electron chi connectivity index (χ4n) is 8.71. The van der Waals surface area contributed by atoms with E-state index in [-0.39, 0.29) is 18.5 Å². The highest BCUT2D eigenvalue weighted by atomic mass is 16.6. The normalized spacial score (nSPS) is 33.0. The van der Waals surface area contributed by atoms with E-state index in [4.69, 9.17) is 14.2 Å². The van der Waals surface area contributed by atoms with Crippen LogP contribution in [0.3, 0.4) is 0 Å².